The summed E-state index contributed by atoms with van der Waals surface area (Å²) in [5, 5.41) is 6.23. The van der Waals surface area contributed by atoms with E-state index in [2.05, 4.69) is 17.2 Å². The van der Waals surface area contributed by atoms with Gasteiger partial charge < -0.3 is 14.8 Å². The minimum atomic E-state index is -0.221. The van der Waals surface area contributed by atoms with Crippen molar-refractivity contribution < 1.29 is 14.3 Å². The lowest BCUT2D eigenvalue weighted by Gasteiger charge is -2.28. The lowest BCUT2D eigenvalue weighted by molar-refractivity contribution is -0.142. The molecule has 0 aliphatic carbocycles. The number of carbonyl (C=O) groups is 1. The van der Waals surface area contributed by atoms with Crippen LogP contribution in [0.5, 0.6) is 0 Å². The molecule has 1 N–H and O–H groups in total. The molecule has 1 aromatic rings. The van der Waals surface area contributed by atoms with E-state index >= 15 is 0 Å². The maximum atomic E-state index is 11.4. The summed E-state index contributed by atoms with van der Waals surface area (Å²) in [6.07, 6.45) is 2.43. The molecule has 112 valence electrons. The Bertz CT molecular complexity index is 430. The number of nitrogens with zero attached hydrogens (tertiary/aromatic N) is 1. The smallest absolute Gasteiger partial charge is 0.311 e. The minimum absolute atomic E-state index is 0.221. The van der Waals surface area contributed by atoms with Gasteiger partial charge in [-0.2, -0.15) is 0 Å². The number of rotatable bonds is 6. The molecule has 1 atom stereocenters. The van der Waals surface area contributed by atoms with Crippen LogP contribution in [0.25, 0.3) is 0 Å². The monoisotopic (exact) mass is 298 g/mol. The van der Waals surface area contributed by atoms with Crippen LogP contribution in [0.15, 0.2) is 5.38 Å². The van der Waals surface area contributed by atoms with Gasteiger partial charge in [0.1, 0.15) is 0 Å². The maximum absolute atomic E-state index is 11.4. The second-order valence-electron chi connectivity index (χ2n) is 5.01. The zero-order chi connectivity index (χ0) is 14.4. The first-order valence-electron chi connectivity index (χ1n) is 7.13. The third kappa shape index (κ3) is 4.45. The van der Waals surface area contributed by atoms with E-state index in [9.17, 15) is 4.79 Å². The summed E-state index contributed by atoms with van der Waals surface area (Å²) in [7, 11) is 0. The van der Waals surface area contributed by atoms with Crippen molar-refractivity contribution in [3.8, 4) is 0 Å². The first kappa shape index (κ1) is 15.3. The van der Waals surface area contributed by atoms with Gasteiger partial charge in [0.15, 0.2) is 5.13 Å². The van der Waals surface area contributed by atoms with Gasteiger partial charge >= 0.3 is 5.97 Å². The highest BCUT2D eigenvalue weighted by Gasteiger charge is 2.21. The molecule has 0 spiro atoms. The molecule has 20 heavy (non-hydrogen) atoms. The fourth-order valence-corrected chi connectivity index (χ4v) is 3.15. The summed E-state index contributed by atoms with van der Waals surface area (Å²) >= 11 is 1.54. The molecule has 0 saturated carbocycles. The molecule has 6 heteroatoms. The van der Waals surface area contributed by atoms with Gasteiger partial charge in [0.05, 0.1) is 18.7 Å². The Hall–Kier alpha value is -1.14. The van der Waals surface area contributed by atoms with Gasteiger partial charge in [-0.25, -0.2) is 4.98 Å². The number of esters is 1. The van der Waals surface area contributed by atoms with Crippen molar-refractivity contribution in [1.82, 2.24) is 4.98 Å². The summed E-state index contributed by atoms with van der Waals surface area (Å²) in [5.41, 5.74) is 0.773. The molecule has 0 aromatic carbocycles. The van der Waals surface area contributed by atoms with Crippen molar-refractivity contribution in [2.75, 3.05) is 25.1 Å². The van der Waals surface area contributed by atoms with Gasteiger partial charge in [0.25, 0.3) is 0 Å². The molecular formula is C14H22N2O3S. The third-order valence-corrected chi connectivity index (χ3v) is 4.33. The Kier molecular flexibility index (Phi) is 5.79. The van der Waals surface area contributed by atoms with Gasteiger partial charge in [-0.15, -0.1) is 11.3 Å². The molecule has 1 aromatic heterocycles. The molecule has 0 radical (unpaired) electrons. The standard InChI is InChI=1S/C14H22N2O3S/c1-3-19-13(17)8-12-9-20-14(16-12)15-10(2)11-4-6-18-7-5-11/h9-11H,3-8H2,1-2H3,(H,15,16). The molecular weight excluding hydrogens is 276 g/mol. The number of nitrogens with one attached hydrogen (secondary N) is 1. The highest BCUT2D eigenvalue weighted by Crippen LogP contribution is 2.23. The first-order chi connectivity index (χ1) is 9.69. The zero-order valence-electron chi connectivity index (χ0n) is 12.1. The number of aromatic nitrogens is 1. The van der Waals surface area contributed by atoms with Gasteiger partial charge in [-0.3, -0.25) is 4.79 Å². The fourth-order valence-electron chi connectivity index (χ4n) is 2.34. The number of thiazole rings is 1. The van der Waals surface area contributed by atoms with E-state index in [0.717, 1.165) is 36.9 Å². The van der Waals surface area contributed by atoms with Crippen LogP contribution in [0.3, 0.4) is 0 Å². The molecule has 0 bridgehead atoms. The summed E-state index contributed by atoms with van der Waals surface area (Å²) < 4.78 is 10.3. The van der Waals surface area contributed by atoms with Crippen LogP contribution in [0.1, 0.15) is 32.4 Å². The van der Waals surface area contributed by atoms with Crippen LogP contribution >= 0.6 is 11.3 Å². The third-order valence-electron chi connectivity index (χ3n) is 3.51. The first-order valence-corrected chi connectivity index (χ1v) is 8.01. The molecule has 1 aliphatic heterocycles. The van der Waals surface area contributed by atoms with Crippen LogP contribution in [0.2, 0.25) is 0 Å². The van der Waals surface area contributed by atoms with E-state index < -0.39 is 0 Å². The summed E-state index contributed by atoms with van der Waals surface area (Å²) in [6.45, 7) is 6.10. The number of ether oxygens (including phenoxy) is 2. The van der Waals surface area contributed by atoms with E-state index in [1.54, 1.807) is 11.3 Å². The molecule has 1 saturated heterocycles. The van der Waals surface area contributed by atoms with Gasteiger partial charge in [-0.1, -0.05) is 0 Å². The number of carbonyl (C=O) groups excluding carboxylic acids is 1. The van der Waals surface area contributed by atoms with Crippen molar-refractivity contribution in [2.24, 2.45) is 5.92 Å². The lowest BCUT2D eigenvalue weighted by Crippen LogP contribution is -2.30. The Morgan fingerprint density at radius 2 is 2.35 bits per heavy atom. The predicted octanol–water partition coefficient (Wildman–Crippen LogP) is 2.48. The van der Waals surface area contributed by atoms with Crippen molar-refractivity contribution >= 4 is 22.4 Å². The Morgan fingerprint density at radius 3 is 3.05 bits per heavy atom. The van der Waals surface area contributed by atoms with E-state index in [4.69, 9.17) is 9.47 Å². The quantitative estimate of drug-likeness (QED) is 0.818. The minimum Gasteiger partial charge on any atom is -0.466 e. The molecule has 1 unspecified atom stereocenters. The molecule has 1 fully saturated rings. The molecule has 1 aliphatic rings. The van der Waals surface area contributed by atoms with Crippen molar-refractivity contribution in [3.05, 3.63) is 11.1 Å². The average molecular weight is 298 g/mol. The Balaban J connectivity index is 1.83. The number of anilines is 1. The van der Waals surface area contributed by atoms with Crippen LogP contribution in [0.4, 0.5) is 5.13 Å². The van der Waals surface area contributed by atoms with Crippen LogP contribution in [0, 0.1) is 5.92 Å². The fraction of sp³-hybridized carbons (Fsp3) is 0.714. The molecule has 2 heterocycles. The normalized spacial score (nSPS) is 17.7. The zero-order valence-corrected chi connectivity index (χ0v) is 12.9. The Morgan fingerprint density at radius 1 is 1.60 bits per heavy atom. The Labute approximate surface area is 123 Å². The van der Waals surface area contributed by atoms with Crippen LogP contribution < -0.4 is 5.32 Å². The largest absolute Gasteiger partial charge is 0.466 e. The maximum Gasteiger partial charge on any atom is 0.311 e. The average Bonchev–Trinajstić information content (AvgIpc) is 2.87. The van der Waals surface area contributed by atoms with Crippen LogP contribution in [-0.2, 0) is 20.7 Å². The van der Waals surface area contributed by atoms with E-state index in [-0.39, 0.29) is 12.4 Å². The van der Waals surface area contributed by atoms with Crippen molar-refractivity contribution in [3.63, 3.8) is 0 Å². The topological polar surface area (TPSA) is 60.5 Å². The van der Waals surface area contributed by atoms with Gasteiger partial charge in [-0.05, 0) is 32.6 Å². The summed E-state index contributed by atoms with van der Waals surface area (Å²) in [6, 6.07) is 0.375. The van der Waals surface area contributed by atoms with Crippen molar-refractivity contribution in [1.29, 1.82) is 0 Å². The second-order valence-corrected chi connectivity index (χ2v) is 5.87. The van der Waals surface area contributed by atoms with E-state index in [1.807, 2.05) is 12.3 Å². The highest BCUT2D eigenvalue weighted by atomic mass is 32.1. The van der Waals surface area contributed by atoms with E-state index in [1.165, 1.54) is 0 Å². The number of hydrogen-bond acceptors (Lipinski definition) is 6. The summed E-state index contributed by atoms with van der Waals surface area (Å²) in [5.74, 6) is 0.406. The van der Waals surface area contributed by atoms with Crippen molar-refractivity contribution in [2.45, 2.75) is 39.2 Å². The van der Waals surface area contributed by atoms with E-state index in [0.29, 0.717) is 18.6 Å². The predicted molar refractivity (Wildman–Crippen MR) is 79.1 cm³/mol. The summed E-state index contributed by atoms with van der Waals surface area (Å²) in [4.78, 5) is 15.8. The number of hydrogen-bond donors (Lipinski definition) is 1. The molecule has 0 amide bonds. The highest BCUT2D eigenvalue weighted by molar-refractivity contribution is 7.13. The SMILES string of the molecule is CCOC(=O)Cc1csc(NC(C)C2CCOCC2)n1. The van der Waals surface area contributed by atoms with Gasteiger partial charge in [0.2, 0.25) is 0 Å². The lowest BCUT2D eigenvalue weighted by atomic mass is 9.93. The molecule has 5 nitrogen and oxygen atoms in total. The van der Waals surface area contributed by atoms with Gasteiger partial charge in [0, 0.05) is 24.6 Å². The second kappa shape index (κ2) is 7.59. The van der Waals surface area contributed by atoms with Crippen LogP contribution in [-0.4, -0.2) is 36.8 Å². The molecule has 2 rings (SSSR count).